The zero-order valence-electron chi connectivity index (χ0n) is 15.5. The predicted molar refractivity (Wildman–Crippen MR) is 105 cm³/mol. The molecule has 144 valence electrons. The largest absolute Gasteiger partial charge is 0.486 e. The van der Waals surface area contributed by atoms with Gasteiger partial charge >= 0.3 is 0 Å². The van der Waals surface area contributed by atoms with Crippen LogP contribution in [-0.2, 0) is 11.4 Å². The molecule has 0 atom stereocenters. The molecule has 0 unspecified atom stereocenters. The number of benzene rings is 2. The van der Waals surface area contributed by atoms with Crippen molar-refractivity contribution in [3.63, 3.8) is 0 Å². The normalized spacial score (nSPS) is 13.6. The highest BCUT2D eigenvalue weighted by molar-refractivity contribution is 5.94. The average molecular weight is 378 g/mol. The average Bonchev–Trinajstić information content (AvgIpc) is 3.42. The van der Waals surface area contributed by atoms with E-state index in [1.54, 1.807) is 17.0 Å². The number of hydrogen-bond acceptors (Lipinski definition) is 4. The van der Waals surface area contributed by atoms with Crippen LogP contribution in [0.2, 0.25) is 0 Å². The Morgan fingerprint density at radius 1 is 1.00 bits per heavy atom. The molecule has 2 amide bonds. The molecule has 1 N–H and O–H groups in total. The summed E-state index contributed by atoms with van der Waals surface area (Å²) in [5.41, 5.74) is 0. The lowest BCUT2D eigenvalue weighted by Crippen LogP contribution is -2.38. The molecule has 6 heteroatoms. The number of nitrogens with zero attached hydrogens (tertiary/aromatic N) is 1. The maximum absolute atomic E-state index is 12.2. The fourth-order valence-electron chi connectivity index (χ4n) is 3.31. The standard InChI is InChI=1S/C22H22N2O4/c25-21(24-11-3-4-12-24)14-23-22(26)20-10-9-19(28-20)15-27-18-8-7-16-5-1-2-6-17(16)13-18/h1-2,5-10,13H,3-4,11-12,14-15H2,(H,23,26). The van der Waals surface area contributed by atoms with E-state index in [0.717, 1.165) is 42.5 Å². The smallest absolute Gasteiger partial charge is 0.287 e. The van der Waals surface area contributed by atoms with Crippen molar-refractivity contribution in [1.82, 2.24) is 10.2 Å². The molecule has 0 bridgehead atoms. The molecule has 1 aliphatic rings. The summed E-state index contributed by atoms with van der Waals surface area (Å²) in [5.74, 6) is 0.995. The van der Waals surface area contributed by atoms with Gasteiger partial charge in [-0.05, 0) is 47.9 Å². The second-order valence-corrected chi connectivity index (χ2v) is 6.83. The van der Waals surface area contributed by atoms with Gasteiger partial charge in [-0.1, -0.05) is 30.3 Å². The van der Waals surface area contributed by atoms with Crippen molar-refractivity contribution in [2.24, 2.45) is 0 Å². The van der Waals surface area contributed by atoms with E-state index in [0.29, 0.717) is 5.76 Å². The van der Waals surface area contributed by atoms with Gasteiger partial charge in [0.2, 0.25) is 5.91 Å². The molecule has 1 aromatic heterocycles. The Morgan fingerprint density at radius 2 is 1.79 bits per heavy atom. The summed E-state index contributed by atoms with van der Waals surface area (Å²) in [6.45, 7) is 1.75. The molecule has 2 heterocycles. The van der Waals surface area contributed by atoms with Gasteiger partial charge < -0.3 is 19.4 Å². The van der Waals surface area contributed by atoms with Gasteiger partial charge in [0.25, 0.3) is 5.91 Å². The molecule has 4 rings (SSSR count). The van der Waals surface area contributed by atoms with Crippen LogP contribution in [0.25, 0.3) is 10.8 Å². The molecule has 1 saturated heterocycles. The fourth-order valence-corrected chi connectivity index (χ4v) is 3.31. The van der Waals surface area contributed by atoms with E-state index < -0.39 is 5.91 Å². The molecule has 0 spiro atoms. The third-order valence-corrected chi connectivity index (χ3v) is 4.85. The summed E-state index contributed by atoms with van der Waals surface area (Å²) < 4.78 is 11.3. The van der Waals surface area contributed by atoms with Gasteiger partial charge in [-0.2, -0.15) is 0 Å². The van der Waals surface area contributed by atoms with Crippen LogP contribution >= 0.6 is 0 Å². The van der Waals surface area contributed by atoms with Crippen LogP contribution in [-0.4, -0.2) is 36.3 Å². The molecule has 1 fully saturated rings. The Hall–Kier alpha value is -3.28. The van der Waals surface area contributed by atoms with Crippen molar-refractivity contribution < 1.29 is 18.7 Å². The SMILES string of the molecule is O=C(NCC(=O)N1CCCC1)c1ccc(COc2ccc3ccccc3c2)o1. The molecular weight excluding hydrogens is 356 g/mol. The van der Waals surface area contributed by atoms with Crippen molar-refractivity contribution >= 4 is 22.6 Å². The van der Waals surface area contributed by atoms with E-state index in [-0.39, 0.29) is 24.8 Å². The predicted octanol–water partition coefficient (Wildman–Crippen LogP) is 3.36. The Kier molecular flexibility index (Phi) is 5.28. The third-order valence-electron chi connectivity index (χ3n) is 4.85. The monoisotopic (exact) mass is 378 g/mol. The molecule has 1 aliphatic heterocycles. The number of fused-ring (bicyclic) bond motifs is 1. The Bertz CT molecular complexity index is 989. The number of amides is 2. The van der Waals surface area contributed by atoms with Crippen LogP contribution in [0.5, 0.6) is 5.75 Å². The maximum Gasteiger partial charge on any atom is 0.287 e. The quantitative estimate of drug-likeness (QED) is 0.714. The Morgan fingerprint density at radius 3 is 2.61 bits per heavy atom. The maximum atomic E-state index is 12.2. The minimum absolute atomic E-state index is 0.0115. The molecule has 28 heavy (non-hydrogen) atoms. The van der Waals surface area contributed by atoms with Crippen molar-refractivity contribution in [3.05, 3.63) is 66.1 Å². The second-order valence-electron chi connectivity index (χ2n) is 6.83. The lowest BCUT2D eigenvalue weighted by Gasteiger charge is -2.14. The number of likely N-dealkylation sites (tertiary alicyclic amines) is 1. The molecule has 6 nitrogen and oxygen atoms in total. The molecule has 0 saturated carbocycles. The van der Waals surface area contributed by atoms with Crippen molar-refractivity contribution in [2.75, 3.05) is 19.6 Å². The van der Waals surface area contributed by atoms with E-state index in [9.17, 15) is 9.59 Å². The number of hydrogen-bond donors (Lipinski definition) is 1. The van der Waals surface area contributed by atoms with E-state index in [1.165, 1.54) is 0 Å². The van der Waals surface area contributed by atoms with E-state index >= 15 is 0 Å². The first-order valence-electron chi connectivity index (χ1n) is 9.45. The third kappa shape index (κ3) is 4.17. The summed E-state index contributed by atoms with van der Waals surface area (Å²) in [7, 11) is 0. The summed E-state index contributed by atoms with van der Waals surface area (Å²) in [4.78, 5) is 26.0. The van der Waals surface area contributed by atoms with Gasteiger partial charge in [0.05, 0.1) is 6.54 Å². The lowest BCUT2D eigenvalue weighted by molar-refractivity contribution is -0.129. The van der Waals surface area contributed by atoms with Crippen molar-refractivity contribution in [2.45, 2.75) is 19.4 Å². The first-order chi connectivity index (χ1) is 13.7. The van der Waals surface area contributed by atoms with Crippen molar-refractivity contribution in [3.8, 4) is 5.75 Å². The van der Waals surface area contributed by atoms with Gasteiger partial charge in [-0.3, -0.25) is 9.59 Å². The van der Waals surface area contributed by atoms with Crippen LogP contribution in [0.1, 0.15) is 29.2 Å². The minimum atomic E-state index is -0.399. The van der Waals surface area contributed by atoms with Gasteiger partial charge in [-0.15, -0.1) is 0 Å². The van der Waals surface area contributed by atoms with Crippen LogP contribution < -0.4 is 10.1 Å². The van der Waals surface area contributed by atoms with Gasteiger partial charge in [0.1, 0.15) is 18.1 Å². The van der Waals surface area contributed by atoms with E-state index in [4.69, 9.17) is 9.15 Å². The van der Waals surface area contributed by atoms with Crippen LogP contribution in [0, 0.1) is 0 Å². The molecule has 0 radical (unpaired) electrons. The topological polar surface area (TPSA) is 71.8 Å². The highest BCUT2D eigenvalue weighted by Crippen LogP contribution is 2.21. The second kappa shape index (κ2) is 8.17. The fraction of sp³-hybridized carbons (Fsp3) is 0.273. The highest BCUT2D eigenvalue weighted by Gasteiger charge is 2.19. The van der Waals surface area contributed by atoms with Gasteiger partial charge in [0.15, 0.2) is 5.76 Å². The number of rotatable bonds is 6. The summed E-state index contributed by atoms with van der Waals surface area (Å²) in [5, 5.41) is 4.87. The number of ether oxygens (including phenoxy) is 1. The number of furan rings is 1. The van der Waals surface area contributed by atoms with E-state index in [1.807, 2.05) is 42.5 Å². The zero-order valence-corrected chi connectivity index (χ0v) is 15.5. The lowest BCUT2D eigenvalue weighted by atomic mass is 10.1. The number of carbonyl (C=O) groups is 2. The molecule has 3 aromatic rings. The van der Waals surface area contributed by atoms with Gasteiger partial charge in [-0.25, -0.2) is 0 Å². The molecule has 2 aromatic carbocycles. The first kappa shape index (κ1) is 18.1. The van der Waals surface area contributed by atoms with Gasteiger partial charge in [0, 0.05) is 13.1 Å². The number of carbonyl (C=O) groups excluding carboxylic acids is 2. The highest BCUT2D eigenvalue weighted by atomic mass is 16.5. The van der Waals surface area contributed by atoms with Crippen LogP contribution in [0.15, 0.2) is 59.0 Å². The zero-order chi connectivity index (χ0) is 19.3. The molecular formula is C22H22N2O4. The van der Waals surface area contributed by atoms with E-state index in [2.05, 4.69) is 5.32 Å². The Balaban J connectivity index is 1.30. The molecule has 0 aliphatic carbocycles. The first-order valence-corrected chi connectivity index (χ1v) is 9.45. The summed E-state index contributed by atoms with van der Waals surface area (Å²) in [6.07, 6.45) is 2.05. The number of nitrogens with one attached hydrogen (secondary N) is 1. The minimum Gasteiger partial charge on any atom is -0.486 e. The Labute approximate surface area is 163 Å². The van der Waals surface area contributed by atoms with Crippen LogP contribution in [0.3, 0.4) is 0 Å². The summed E-state index contributed by atoms with van der Waals surface area (Å²) >= 11 is 0. The summed E-state index contributed by atoms with van der Waals surface area (Å²) in [6, 6.07) is 17.2. The van der Waals surface area contributed by atoms with Crippen LogP contribution in [0.4, 0.5) is 0 Å². The van der Waals surface area contributed by atoms with Crippen molar-refractivity contribution in [1.29, 1.82) is 0 Å².